The third-order valence-corrected chi connectivity index (χ3v) is 4.77. The topological polar surface area (TPSA) is 76.7 Å². The number of ether oxygens (including phenoxy) is 2. The van der Waals surface area contributed by atoms with Crippen LogP contribution in [-0.4, -0.2) is 25.5 Å². The molecule has 0 fully saturated rings. The summed E-state index contributed by atoms with van der Waals surface area (Å²) in [6.45, 7) is -0.106. The second-order valence-corrected chi connectivity index (χ2v) is 7.20. The molecule has 0 bridgehead atoms. The Morgan fingerprint density at radius 2 is 1.62 bits per heavy atom. The van der Waals surface area contributed by atoms with Crippen LogP contribution in [0.4, 0.5) is 11.4 Å². The predicted molar refractivity (Wildman–Crippen MR) is 121 cm³/mol. The zero-order valence-electron chi connectivity index (χ0n) is 15.6. The molecular formula is C22H19IN2O4. The predicted octanol–water partition coefficient (Wildman–Crippen LogP) is 4.57. The van der Waals surface area contributed by atoms with Crippen molar-refractivity contribution in [3.8, 4) is 11.5 Å². The molecule has 3 aromatic carbocycles. The molecule has 0 aromatic heterocycles. The molecule has 0 heterocycles. The van der Waals surface area contributed by atoms with Crippen molar-refractivity contribution < 1.29 is 19.1 Å². The third kappa shape index (κ3) is 5.95. The van der Waals surface area contributed by atoms with E-state index in [-0.39, 0.29) is 18.4 Å². The summed E-state index contributed by atoms with van der Waals surface area (Å²) in [6, 6.07) is 21.2. The van der Waals surface area contributed by atoms with E-state index in [1.807, 2.05) is 18.2 Å². The van der Waals surface area contributed by atoms with Gasteiger partial charge in [0.1, 0.15) is 11.5 Å². The molecule has 0 radical (unpaired) electrons. The Kier molecular flexibility index (Phi) is 7.07. The Hall–Kier alpha value is -3.07. The summed E-state index contributed by atoms with van der Waals surface area (Å²) in [4.78, 5) is 24.6. The molecule has 148 valence electrons. The monoisotopic (exact) mass is 502 g/mol. The molecule has 0 spiro atoms. The lowest BCUT2D eigenvalue weighted by atomic mass is 10.2. The van der Waals surface area contributed by atoms with Gasteiger partial charge < -0.3 is 20.1 Å². The Morgan fingerprint density at radius 1 is 0.897 bits per heavy atom. The molecule has 0 aliphatic heterocycles. The minimum Gasteiger partial charge on any atom is -0.496 e. The molecule has 0 aliphatic carbocycles. The van der Waals surface area contributed by atoms with Crippen molar-refractivity contribution in [1.29, 1.82) is 0 Å². The van der Waals surface area contributed by atoms with Crippen LogP contribution in [0, 0.1) is 3.57 Å². The smallest absolute Gasteiger partial charge is 0.262 e. The lowest BCUT2D eigenvalue weighted by Crippen LogP contribution is -2.20. The summed E-state index contributed by atoms with van der Waals surface area (Å²) in [5.74, 6) is 0.797. The van der Waals surface area contributed by atoms with E-state index >= 15 is 0 Å². The Labute approximate surface area is 182 Å². The standard InChI is InChI=1S/C22H19IN2O4/c1-28-20-11-10-15(12-19(20)23)22(27)25-17-7-5-6-16(13-17)24-21(26)14-29-18-8-3-2-4-9-18/h2-13H,14H2,1H3,(H,24,26)(H,25,27). The molecule has 3 aromatic rings. The van der Waals surface area contributed by atoms with Crippen LogP contribution in [0.15, 0.2) is 72.8 Å². The number of nitrogens with one attached hydrogen (secondary N) is 2. The maximum absolute atomic E-state index is 12.5. The van der Waals surface area contributed by atoms with E-state index in [0.29, 0.717) is 28.4 Å². The molecular weight excluding hydrogens is 483 g/mol. The molecule has 3 rings (SSSR count). The zero-order chi connectivity index (χ0) is 20.6. The Balaban J connectivity index is 1.59. The lowest BCUT2D eigenvalue weighted by molar-refractivity contribution is -0.118. The molecule has 6 nitrogen and oxygen atoms in total. The quantitative estimate of drug-likeness (QED) is 0.465. The number of hydrogen-bond donors (Lipinski definition) is 2. The van der Waals surface area contributed by atoms with Gasteiger partial charge in [-0.1, -0.05) is 24.3 Å². The molecule has 0 atom stereocenters. The maximum atomic E-state index is 12.5. The number of hydrogen-bond acceptors (Lipinski definition) is 4. The second-order valence-electron chi connectivity index (χ2n) is 6.03. The Bertz CT molecular complexity index is 1010. The van der Waals surface area contributed by atoms with Crippen LogP contribution < -0.4 is 20.1 Å². The molecule has 7 heteroatoms. The van der Waals surface area contributed by atoms with Gasteiger partial charge in [-0.3, -0.25) is 9.59 Å². The number of carbonyl (C=O) groups is 2. The number of amides is 2. The summed E-state index contributed by atoms with van der Waals surface area (Å²) in [6.07, 6.45) is 0. The van der Waals surface area contributed by atoms with E-state index in [2.05, 4.69) is 33.2 Å². The van der Waals surface area contributed by atoms with Crippen molar-refractivity contribution in [1.82, 2.24) is 0 Å². The first-order valence-electron chi connectivity index (χ1n) is 8.78. The average molecular weight is 502 g/mol. The van der Waals surface area contributed by atoms with Crippen molar-refractivity contribution in [2.75, 3.05) is 24.4 Å². The van der Waals surface area contributed by atoms with Crippen LogP contribution in [0.3, 0.4) is 0 Å². The van der Waals surface area contributed by atoms with E-state index < -0.39 is 0 Å². The first-order valence-corrected chi connectivity index (χ1v) is 9.85. The van der Waals surface area contributed by atoms with Crippen LogP contribution in [0.5, 0.6) is 11.5 Å². The van der Waals surface area contributed by atoms with E-state index in [9.17, 15) is 9.59 Å². The SMILES string of the molecule is COc1ccc(C(=O)Nc2cccc(NC(=O)COc3ccccc3)c2)cc1I. The van der Waals surface area contributed by atoms with E-state index in [1.165, 1.54) is 0 Å². The summed E-state index contributed by atoms with van der Waals surface area (Å²) in [7, 11) is 1.59. The van der Waals surface area contributed by atoms with E-state index in [4.69, 9.17) is 9.47 Å². The van der Waals surface area contributed by atoms with Crippen molar-refractivity contribution in [2.45, 2.75) is 0 Å². The average Bonchev–Trinajstić information content (AvgIpc) is 2.73. The number of anilines is 2. The Morgan fingerprint density at radius 3 is 2.31 bits per heavy atom. The van der Waals surface area contributed by atoms with Crippen molar-refractivity contribution in [3.63, 3.8) is 0 Å². The third-order valence-electron chi connectivity index (χ3n) is 3.93. The number of para-hydroxylation sites is 1. The highest BCUT2D eigenvalue weighted by atomic mass is 127. The number of methoxy groups -OCH3 is 1. The highest BCUT2D eigenvalue weighted by Gasteiger charge is 2.10. The maximum Gasteiger partial charge on any atom is 0.262 e. The minimum absolute atomic E-state index is 0.106. The van der Waals surface area contributed by atoms with Crippen LogP contribution in [0.25, 0.3) is 0 Å². The summed E-state index contributed by atoms with van der Waals surface area (Å²) in [5.41, 5.74) is 1.65. The van der Waals surface area contributed by atoms with Crippen molar-refractivity contribution >= 4 is 45.8 Å². The molecule has 0 aliphatic rings. The molecule has 0 saturated carbocycles. The summed E-state index contributed by atoms with van der Waals surface area (Å²) >= 11 is 2.12. The fraction of sp³-hybridized carbons (Fsp3) is 0.0909. The van der Waals surface area contributed by atoms with Gasteiger partial charge in [-0.15, -0.1) is 0 Å². The molecule has 2 amide bonds. The van der Waals surface area contributed by atoms with Gasteiger partial charge in [-0.25, -0.2) is 0 Å². The van der Waals surface area contributed by atoms with Crippen LogP contribution >= 0.6 is 22.6 Å². The number of benzene rings is 3. The van der Waals surface area contributed by atoms with E-state index in [0.717, 1.165) is 3.57 Å². The lowest BCUT2D eigenvalue weighted by Gasteiger charge is -2.10. The second kappa shape index (κ2) is 9.92. The molecule has 29 heavy (non-hydrogen) atoms. The first kappa shape index (κ1) is 20.7. The number of halogens is 1. The summed E-state index contributed by atoms with van der Waals surface area (Å²) < 4.78 is 11.5. The largest absolute Gasteiger partial charge is 0.496 e. The highest BCUT2D eigenvalue weighted by molar-refractivity contribution is 14.1. The van der Waals surface area contributed by atoms with Gasteiger partial charge in [0.2, 0.25) is 0 Å². The van der Waals surface area contributed by atoms with Gasteiger partial charge in [0.05, 0.1) is 10.7 Å². The van der Waals surface area contributed by atoms with Crippen LogP contribution in [0.2, 0.25) is 0 Å². The van der Waals surface area contributed by atoms with E-state index in [1.54, 1.807) is 61.7 Å². The first-order chi connectivity index (χ1) is 14.0. The summed E-state index contributed by atoms with van der Waals surface area (Å²) in [5, 5.41) is 5.59. The highest BCUT2D eigenvalue weighted by Crippen LogP contribution is 2.23. The fourth-order valence-corrected chi connectivity index (χ4v) is 3.28. The van der Waals surface area contributed by atoms with Gasteiger partial charge in [-0.2, -0.15) is 0 Å². The molecule has 0 unspecified atom stereocenters. The van der Waals surface area contributed by atoms with Gasteiger partial charge in [0.15, 0.2) is 6.61 Å². The minimum atomic E-state index is -0.290. The fourth-order valence-electron chi connectivity index (χ4n) is 2.55. The van der Waals surface area contributed by atoms with Gasteiger partial charge in [-0.05, 0) is 71.1 Å². The van der Waals surface area contributed by atoms with Crippen LogP contribution in [-0.2, 0) is 4.79 Å². The molecule has 2 N–H and O–H groups in total. The zero-order valence-corrected chi connectivity index (χ0v) is 17.8. The van der Waals surface area contributed by atoms with Gasteiger partial charge in [0.25, 0.3) is 11.8 Å². The number of rotatable bonds is 7. The van der Waals surface area contributed by atoms with Gasteiger partial charge in [0, 0.05) is 16.9 Å². The van der Waals surface area contributed by atoms with Crippen molar-refractivity contribution in [2.24, 2.45) is 0 Å². The van der Waals surface area contributed by atoms with Gasteiger partial charge >= 0.3 is 0 Å². The normalized spacial score (nSPS) is 10.1. The molecule has 0 saturated heterocycles. The van der Waals surface area contributed by atoms with Crippen molar-refractivity contribution in [3.05, 3.63) is 81.9 Å². The number of carbonyl (C=O) groups excluding carboxylic acids is 2. The van der Waals surface area contributed by atoms with Crippen LogP contribution in [0.1, 0.15) is 10.4 Å².